The molecule has 1 aromatic rings. The first-order chi connectivity index (χ1) is 6.71. The molecule has 0 unspecified atom stereocenters. The highest BCUT2D eigenvalue weighted by atomic mass is 31.3. The number of aromatic amines is 1. The van der Waals surface area contributed by atoms with Gasteiger partial charge in [0.05, 0.1) is 0 Å². The molecular formula is C2H6N5O6P2+. The second-order valence-electron chi connectivity index (χ2n) is 2.24. The van der Waals surface area contributed by atoms with Gasteiger partial charge >= 0.3 is 20.7 Å². The average molecular weight is 258 g/mol. The molecule has 0 spiro atoms. The van der Waals surface area contributed by atoms with Crippen molar-refractivity contribution in [3.8, 4) is 0 Å². The summed E-state index contributed by atoms with van der Waals surface area (Å²) >= 11 is 0. The van der Waals surface area contributed by atoms with Crippen molar-refractivity contribution < 1.29 is 29.0 Å². The second kappa shape index (κ2) is 3.99. The summed E-state index contributed by atoms with van der Waals surface area (Å²) in [4.78, 5) is 46.5. The second-order valence-corrected chi connectivity index (χ2v) is 5.66. The highest BCUT2D eigenvalue weighted by Crippen LogP contribution is 2.60. The molecule has 0 radical (unpaired) electrons. The van der Waals surface area contributed by atoms with Gasteiger partial charge in [-0.25, -0.2) is 4.57 Å². The molecule has 1 heterocycles. The average Bonchev–Trinajstić information content (AvgIpc) is 2.46. The smallest absolute Gasteiger partial charge is 0.317 e. The predicted octanol–water partition coefficient (Wildman–Crippen LogP) is -1.90. The zero-order valence-corrected chi connectivity index (χ0v) is 8.62. The topological polar surface area (TPSA) is 185 Å². The van der Waals surface area contributed by atoms with E-state index in [4.69, 9.17) is 24.5 Å². The van der Waals surface area contributed by atoms with Gasteiger partial charge in [0.15, 0.2) is 0 Å². The van der Waals surface area contributed by atoms with Gasteiger partial charge in [-0.2, -0.15) is 24.9 Å². The molecule has 0 bridgehead atoms. The minimum Gasteiger partial charge on any atom is -0.317 e. The quantitative estimate of drug-likeness (QED) is 0.266. The zero-order valence-electron chi connectivity index (χ0n) is 6.83. The Morgan fingerprint density at radius 3 is 2.33 bits per heavy atom. The molecule has 1 aromatic heterocycles. The summed E-state index contributed by atoms with van der Waals surface area (Å²) in [5.41, 5.74) is 0. The van der Waals surface area contributed by atoms with Crippen molar-refractivity contribution in [3.63, 3.8) is 0 Å². The van der Waals surface area contributed by atoms with Crippen molar-refractivity contribution in [2.75, 3.05) is 0 Å². The van der Waals surface area contributed by atoms with Crippen LogP contribution in [0.3, 0.4) is 0 Å². The molecule has 84 valence electrons. The Morgan fingerprint density at radius 1 is 1.40 bits per heavy atom. The minimum atomic E-state index is -5.11. The van der Waals surface area contributed by atoms with Gasteiger partial charge in [-0.1, -0.05) is 5.10 Å². The summed E-state index contributed by atoms with van der Waals surface area (Å²) < 4.78 is 10.7. The van der Waals surface area contributed by atoms with Crippen molar-refractivity contribution in [2.45, 2.75) is 0 Å². The van der Waals surface area contributed by atoms with E-state index in [1.54, 1.807) is 0 Å². The third-order valence-electron chi connectivity index (χ3n) is 1.06. The summed E-state index contributed by atoms with van der Waals surface area (Å²) in [5.74, 6) is -0.546. The molecule has 0 aliphatic carbocycles. The van der Waals surface area contributed by atoms with E-state index in [9.17, 15) is 4.57 Å². The Balaban J connectivity index is 3.20. The molecule has 6 N–H and O–H groups in total. The van der Waals surface area contributed by atoms with Crippen LogP contribution in [0.5, 0.6) is 0 Å². The molecule has 1 rings (SSSR count). The van der Waals surface area contributed by atoms with Crippen LogP contribution in [0, 0.1) is 0 Å². The summed E-state index contributed by atoms with van der Waals surface area (Å²) in [6.07, 6.45) is 0. The Bertz CT molecular complexity index is 402. The van der Waals surface area contributed by atoms with Crippen LogP contribution in [0.4, 0.5) is 5.95 Å². The lowest BCUT2D eigenvalue weighted by atomic mass is 11.1. The number of H-pyrrole nitrogens is 1. The monoisotopic (exact) mass is 258 g/mol. The van der Waals surface area contributed by atoms with E-state index in [1.165, 1.54) is 0 Å². The molecule has 0 saturated carbocycles. The first-order valence-corrected chi connectivity index (χ1v) is 6.43. The van der Waals surface area contributed by atoms with Gasteiger partial charge in [0.25, 0.3) is 5.95 Å². The molecule has 11 nitrogen and oxygen atoms in total. The standard InChI is InChI=1S/C2H5N5O6P2/c8-14(9,10)2(15(11,12)13)3-1-4-6-7-5-1/h8-10H,(H2-,4,5,6,7,11,12,13)/p+1. The molecule has 0 aromatic carbocycles. The minimum absolute atomic E-state index is 0.546. The Kier molecular flexibility index (Phi) is 3.26. The van der Waals surface area contributed by atoms with Gasteiger partial charge in [0.2, 0.25) is 0 Å². The molecular weight excluding hydrogens is 252 g/mol. The zero-order chi connectivity index (χ0) is 11.7. The fourth-order valence-electron chi connectivity index (χ4n) is 0.600. The van der Waals surface area contributed by atoms with E-state index in [1.807, 2.05) is 5.21 Å². The maximum absolute atomic E-state index is 10.7. The lowest BCUT2D eigenvalue weighted by Crippen LogP contribution is -2.06. The van der Waals surface area contributed by atoms with Gasteiger partial charge in [0.1, 0.15) is 0 Å². The maximum atomic E-state index is 10.7. The molecule has 0 amide bonds. The number of hydrogen-bond acceptors (Lipinski definition) is 8. The fourth-order valence-corrected chi connectivity index (χ4v) is 2.44. The number of aromatic nitrogens is 4. The number of nitrogens with one attached hydrogen (secondary N) is 1. The van der Waals surface area contributed by atoms with Gasteiger partial charge in [-0.3, -0.25) is 0 Å². The molecule has 13 heteroatoms. The van der Waals surface area contributed by atoms with Gasteiger partial charge in [-0.05, 0) is 5.21 Å². The fraction of sp³-hybridized carbons (Fsp3) is 0. The number of hydrogen-bond donors (Lipinski definition) is 6. The molecule has 0 aliphatic rings. The molecule has 0 saturated heterocycles. The highest BCUT2D eigenvalue weighted by molar-refractivity contribution is 8.00. The molecule has 0 fully saturated rings. The van der Waals surface area contributed by atoms with E-state index in [0.29, 0.717) is 0 Å². The summed E-state index contributed by atoms with van der Waals surface area (Å²) in [6.45, 7) is 0. The summed E-state index contributed by atoms with van der Waals surface area (Å²) in [5, 5.41) is 9.81. The Labute approximate surface area is 82.2 Å². The number of rotatable bonds is 3. The molecule has 15 heavy (non-hydrogen) atoms. The van der Waals surface area contributed by atoms with Crippen LogP contribution >= 0.6 is 15.5 Å². The van der Waals surface area contributed by atoms with E-state index in [-0.39, 0.29) is 0 Å². The van der Waals surface area contributed by atoms with Crippen molar-refractivity contribution in [2.24, 2.45) is 4.99 Å². The van der Waals surface area contributed by atoms with Crippen LogP contribution in [0.2, 0.25) is 0 Å². The van der Waals surface area contributed by atoms with Crippen molar-refractivity contribution in [1.29, 1.82) is 0 Å². The third kappa shape index (κ3) is 3.36. The van der Waals surface area contributed by atoms with Crippen molar-refractivity contribution in [1.82, 2.24) is 20.6 Å². The van der Waals surface area contributed by atoms with Crippen molar-refractivity contribution in [3.05, 3.63) is 0 Å². The van der Waals surface area contributed by atoms with E-state index in [0.717, 1.165) is 0 Å². The molecule has 0 atom stereocenters. The van der Waals surface area contributed by atoms with E-state index < -0.39 is 26.7 Å². The van der Waals surface area contributed by atoms with Crippen molar-refractivity contribution >= 4 is 26.7 Å². The lowest BCUT2D eigenvalue weighted by Gasteiger charge is -2.06. The van der Waals surface area contributed by atoms with Crippen LogP contribution in [-0.4, -0.2) is 50.3 Å². The molecule has 0 aliphatic heterocycles. The van der Waals surface area contributed by atoms with Crippen LogP contribution in [0.15, 0.2) is 4.99 Å². The third-order valence-corrected chi connectivity index (χ3v) is 3.91. The largest absolute Gasteiger partial charge is 0.469 e. The first kappa shape index (κ1) is 12.3. The highest BCUT2D eigenvalue weighted by Gasteiger charge is 2.52. The SMILES string of the molecule is O=P(O)(O)C(=Nc1nn[nH]n1)[P+](O)(O)O. The summed E-state index contributed by atoms with van der Waals surface area (Å²) in [6, 6.07) is 0. The summed E-state index contributed by atoms with van der Waals surface area (Å²) in [7, 11) is -10.0. The first-order valence-electron chi connectivity index (χ1n) is 3.17. The van der Waals surface area contributed by atoms with Gasteiger partial charge in [0, 0.05) is 0 Å². The van der Waals surface area contributed by atoms with E-state index in [2.05, 4.69) is 20.4 Å². The normalized spacial score (nSPS) is 14.3. The maximum Gasteiger partial charge on any atom is 0.469 e. The van der Waals surface area contributed by atoms with Gasteiger partial charge < -0.3 is 9.79 Å². The van der Waals surface area contributed by atoms with Crippen LogP contribution in [-0.2, 0) is 4.57 Å². The van der Waals surface area contributed by atoms with Crippen LogP contribution in [0.1, 0.15) is 0 Å². The van der Waals surface area contributed by atoms with Crippen LogP contribution in [0.25, 0.3) is 0 Å². The number of tetrazole rings is 1. The number of aliphatic imine (C=N–C) groups is 1. The van der Waals surface area contributed by atoms with Gasteiger partial charge in [-0.15, -0.1) is 5.10 Å². The van der Waals surface area contributed by atoms with E-state index >= 15 is 0 Å². The number of nitrogens with zero attached hydrogens (tertiary/aromatic N) is 4. The Hall–Kier alpha value is -0.800. The predicted molar refractivity (Wildman–Crippen MR) is 46.9 cm³/mol. The Morgan fingerprint density at radius 2 is 2.00 bits per heavy atom. The van der Waals surface area contributed by atoms with Crippen LogP contribution < -0.4 is 0 Å². The lowest BCUT2D eigenvalue weighted by molar-refractivity contribution is 0.349.